The van der Waals surface area contributed by atoms with Gasteiger partial charge in [0.25, 0.3) is 0 Å². The van der Waals surface area contributed by atoms with Gasteiger partial charge in [-0.3, -0.25) is 4.68 Å². The predicted molar refractivity (Wildman–Crippen MR) is 63.6 cm³/mol. The summed E-state index contributed by atoms with van der Waals surface area (Å²) in [5.41, 5.74) is 7.62. The molecule has 0 aliphatic carbocycles. The topological polar surface area (TPSA) is 53.1 Å². The Balaban J connectivity index is 2.20. The number of anilines is 1. The van der Waals surface area contributed by atoms with E-state index < -0.39 is 0 Å². The summed E-state index contributed by atoms with van der Waals surface area (Å²) < 4.78 is 7.44. The summed E-state index contributed by atoms with van der Waals surface area (Å²) in [6, 6.07) is 5.73. The van der Waals surface area contributed by atoms with Crippen molar-refractivity contribution in [2.75, 3.05) is 5.73 Å². The Bertz CT molecular complexity index is 491. The SMILES string of the molecule is CCn1cc(Oc2ccc(C)cc2N)cn1. The first-order chi connectivity index (χ1) is 7.69. The molecule has 0 aliphatic heterocycles. The van der Waals surface area contributed by atoms with Crippen molar-refractivity contribution < 1.29 is 4.74 Å². The van der Waals surface area contributed by atoms with Gasteiger partial charge in [-0.05, 0) is 31.5 Å². The maximum absolute atomic E-state index is 5.86. The lowest BCUT2D eigenvalue weighted by atomic mass is 10.2. The third kappa shape index (κ3) is 2.16. The van der Waals surface area contributed by atoms with Crippen molar-refractivity contribution in [2.45, 2.75) is 20.4 Å². The quantitative estimate of drug-likeness (QED) is 0.804. The Kier molecular flexibility index (Phi) is 2.81. The van der Waals surface area contributed by atoms with E-state index in [1.165, 1.54) is 0 Å². The van der Waals surface area contributed by atoms with Crippen LogP contribution in [0, 0.1) is 6.92 Å². The van der Waals surface area contributed by atoms with E-state index in [1.54, 1.807) is 10.9 Å². The van der Waals surface area contributed by atoms with E-state index >= 15 is 0 Å². The molecule has 2 N–H and O–H groups in total. The van der Waals surface area contributed by atoms with Gasteiger partial charge in [-0.2, -0.15) is 5.10 Å². The van der Waals surface area contributed by atoms with Gasteiger partial charge in [0.15, 0.2) is 5.75 Å². The van der Waals surface area contributed by atoms with E-state index in [4.69, 9.17) is 10.5 Å². The fraction of sp³-hybridized carbons (Fsp3) is 0.250. The Morgan fingerprint density at radius 1 is 1.44 bits per heavy atom. The van der Waals surface area contributed by atoms with Gasteiger partial charge in [0.1, 0.15) is 5.75 Å². The molecule has 0 spiro atoms. The lowest BCUT2D eigenvalue weighted by Gasteiger charge is -2.06. The summed E-state index contributed by atoms with van der Waals surface area (Å²) in [7, 11) is 0. The third-order valence-electron chi connectivity index (χ3n) is 2.33. The van der Waals surface area contributed by atoms with Crippen LogP contribution in [-0.2, 0) is 6.54 Å². The smallest absolute Gasteiger partial charge is 0.165 e. The Morgan fingerprint density at radius 2 is 2.25 bits per heavy atom. The molecule has 16 heavy (non-hydrogen) atoms. The van der Waals surface area contributed by atoms with Crippen LogP contribution in [0.2, 0.25) is 0 Å². The van der Waals surface area contributed by atoms with Crippen molar-refractivity contribution in [3.8, 4) is 11.5 Å². The number of nitrogens with two attached hydrogens (primary N) is 1. The van der Waals surface area contributed by atoms with Crippen molar-refractivity contribution in [2.24, 2.45) is 0 Å². The van der Waals surface area contributed by atoms with Crippen molar-refractivity contribution in [3.63, 3.8) is 0 Å². The molecule has 0 saturated carbocycles. The number of hydrogen-bond donors (Lipinski definition) is 1. The predicted octanol–water partition coefficient (Wildman–Crippen LogP) is 2.59. The molecule has 0 bridgehead atoms. The largest absolute Gasteiger partial charge is 0.452 e. The molecule has 0 fully saturated rings. The van der Waals surface area contributed by atoms with Crippen LogP contribution in [-0.4, -0.2) is 9.78 Å². The van der Waals surface area contributed by atoms with Gasteiger partial charge >= 0.3 is 0 Å². The second kappa shape index (κ2) is 4.26. The molecule has 2 rings (SSSR count). The maximum Gasteiger partial charge on any atom is 0.165 e. The molecule has 0 saturated heterocycles. The monoisotopic (exact) mass is 217 g/mol. The van der Waals surface area contributed by atoms with Gasteiger partial charge in [0.2, 0.25) is 0 Å². The molecule has 1 heterocycles. The lowest BCUT2D eigenvalue weighted by Crippen LogP contribution is -1.93. The van der Waals surface area contributed by atoms with Crippen LogP contribution in [0.25, 0.3) is 0 Å². The molecule has 2 aromatic rings. The van der Waals surface area contributed by atoms with Crippen LogP contribution in [0.3, 0.4) is 0 Å². The van der Waals surface area contributed by atoms with Crippen molar-refractivity contribution in [1.29, 1.82) is 0 Å². The molecular formula is C12H15N3O. The number of nitrogens with zero attached hydrogens (tertiary/aromatic N) is 2. The number of aryl methyl sites for hydroxylation is 2. The van der Waals surface area contributed by atoms with E-state index in [-0.39, 0.29) is 0 Å². The lowest BCUT2D eigenvalue weighted by molar-refractivity contribution is 0.483. The van der Waals surface area contributed by atoms with Crippen LogP contribution in [0.5, 0.6) is 11.5 Å². The van der Waals surface area contributed by atoms with Crippen molar-refractivity contribution in [1.82, 2.24) is 9.78 Å². The first-order valence-electron chi connectivity index (χ1n) is 5.25. The third-order valence-corrected chi connectivity index (χ3v) is 2.33. The number of ether oxygens (including phenoxy) is 1. The highest BCUT2D eigenvalue weighted by molar-refractivity contribution is 5.55. The summed E-state index contributed by atoms with van der Waals surface area (Å²) in [6.07, 6.45) is 3.53. The summed E-state index contributed by atoms with van der Waals surface area (Å²) in [4.78, 5) is 0. The second-order valence-corrected chi connectivity index (χ2v) is 3.68. The fourth-order valence-corrected chi connectivity index (χ4v) is 1.46. The van der Waals surface area contributed by atoms with Gasteiger partial charge in [0, 0.05) is 6.54 Å². The molecule has 0 unspecified atom stereocenters. The molecule has 0 amide bonds. The van der Waals surface area contributed by atoms with Crippen LogP contribution in [0.4, 0.5) is 5.69 Å². The normalized spacial score (nSPS) is 10.4. The highest BCUT2D eigenvalue weighted by atomic mass is 16.5. The second-order valence-electron chi connectivity index (χ2n) is 3.68. The standard InChI is InChI=1S/C12H15N3O/c1-3-15-8-10(7-14-15)16-12-5-4-9(2)6-11(12)13/h4-8H,3,13H2,1-2H3. The minimum Gasteiger partial charge on any atom is -0.452 e. The van der Waals surface area contributed by atoms with Crippen LogP contribution >= 0.6 is 0 Å². The molecule has 0 atom stereocenters. The first-order valence-corrected chi connectivity index (χ1v) is 5.25. The summed E-state index contributed by atoms with van der Waals surface area (Å²) in [5, 5.41) is 4.13. The minimum absolute atomic E-state index is 0.643. The molecule has 1 aromatic carbocycles. The Labute approximate surface area is 94.6 Å². The average Bonchev–Trinajstić information content (AvgIpc) is 2.70. The summed E-state index contributed by atoms with van der Waals surface area (Å²) >= 11 is 0. The zero-order valence-electron chi connectivity index (χ0n) is 9.47. The number of nitrogen functional groups attached to an aromatic ring is 1. The Hall–Kier alpha value is -1.97. The summed E-state index contributed by atoms with van der Waals surface area (Å²) in [5.74, 6) is 1.37. The highest BCUT2D eigenvalue weighted by Gasteiger charge is 2.04. The maximum atomic E-state index is 5.86. The number of benzene rings is 1. The van der Waals surface area contributed by atoms with Gasteiger partial charge in [-0.1, -0.05) is 6.07 Å². The molecule has 84 valence electrons. The van der Waals surface area contributed by atoms with Crippen LogP contribution in [0.1, 0.15) is 12.5 Å². The van der Waals surface area contributed by atoms with E-state index in [9.17, 15) is 0 Å². The van der Waals surface area contributed by atoms with E-state index in [1.807, 2.05) is 38.2 Å². The molecule has 0 aliphatic rings. The Morgan fingerprint density at radius 3 is 2.88 bits per heavy atom. The number of aromatic nitrogens is 2. The molecule has 4 nitrogen and oxygen atoms in total. The molecular weight excluding hydrogens is 202 g/mol. The van der Waals surface area contributed by atoms with E-state index in [0.717, 1.165) is 12.1 Å². The zero-order valence-corrected chi connectivity index (χ0v) is 9.47. The zero-order chi connectivity index (χ0) is 11.5. The fourth-order valence-electron chi connectivity index (χ4n) is 1.46. The highest BCUT2D eigenvalue weighted by Crippen LogP contribution is 2.27. The average molecular weight is 217 g/mol. The molecule has 0 radical (unpaired) electrons. The molecule has 1 aromatic heterocycles. The number of rotatable bonds is 3. The van der Waals surface area contributed by atoms with Crippen LogP contribution < -0.4 is 10.5 Å². The van der Waals surface area contributed by atoms with Gasteiger partial charge in [0.05, 0.1) is 18.1 Å². The van der Waals surface area contributed by atoms with Crippen molar-refractivity contribution in [3.05, 3.63) is 36.2 Å². The van der Waals surface area contributed by atoms with Crippen LogP contribution in [0.15, 0.2) is 30.6 Å². The number of hydrogen-bond acceptors (Lipinski definition) is 3. The van der Waals surface area contributed by atoms with Gasteiger partial charge in [-0.15, -0.1) is 0 Å². The van der Waals surface area contributed by atoms with Crippen molar-refractivity contribution >= 4 is 5.69 Å². The van der Waals surface area contributed by atoms with E-state index in [2.05, 4.69) is 5.10 Å². The minimum atomic E-state index is 0.643. The van der Waals surface area contributed by atoms with Gasteiger partial charge in [-0.25, -0.2) is 0 Å². The molecule has 4 heteroatoms. The first kappa shape index (κ1) is 10.5. The van der Waals surface area contributed by atoms with E-state index in [0.29, 0.717) is 17.2 Å². The summed E-state index contributed by atoms with van der Waals surface area (Å²) in [6.45, 7) is 4.85. The van der Waals surface area contributed by atoms with Gasteiger partial charge < -0.3 is 10.5 Å².